The molecular weight excluding hydrogens is 280 g/mol. The Balaban J connectivity index is 1.91. The average molecular weight is 304 g/mol. The average Bonchev–Trinajstić information content (AvgIpc) is 3.07. The number of urea groups is 1. The normalized spacial score (nSPS) is 10.7. The maximum absolute atomic E-state index is 11.7. The molecule has 0 fully saturated rings. The van der Waals surface area contributed by atoms with Crippen molar-refractivity contribution < 1.29 is 4.79 Å². The molecule has 2 aromatic rings. The third-order valence-electron chi connectivity index (χ3n) is 3.54. The highest BCUT2D eigenvalue weighted by atomic mass is 16.2. The van der Waals surface area contributed by atoms with Crippen molar-refractivity contribution >= 4 is 11.7 Å². The van der Waals surface area contributed by atoms with Gasteiger partial charge in [0.25, 0.3) is 0 Å². The molecule has 120 valence electrons. The molecule has 2 heterocycles. The topological polar surface area (TPSA) is 76.8 Å². The fraction of sp³-hybridized carbons (Fsp3) is 0.533. The summed E-state index contributed by atoms with van der Waals surface area (Å²) < 4.78 is 3.75. The van der Waals surface area contributed by atoms with E-state index in [4.69, 9.17) is 0 Å². The molecule has 0 saturated heterocycles. The van der Waals surface area contributed by atoms with Crippen molar-refractivity contribution in [1.82, 2.24) is 24.9 Å². The molecule has 2 N–H and O–H groups in total. The van der Waals surface area contributed by atoms with Crippen molar-refractivity contribution in [3.05, 3.63) is 29.8 Å². The van der Waals surface area contributed by atoms with Gasteiger partial charge in [-0.1, -0.05) is 13.3 Å². The Bertz CT molecular complexity index is 615. The van der Waals surface area contributed by atoms with E-state index in [2.05, 4.69) is 41.6 Å². The Labute approximate surface area is 130 Å². The first-order chi connectivity index (χ1) is 10.6. The number of carbonyl (C=O) groups is 1. The third-order valence-corrected chi connectivity index (χ3v) is 3.54. The molecule has 0 aliphatic carbocycles. The molecule has 0 aromatic carbocycles. The number of amides is 2. The van der Waals surface area contributed by atoms with Gasteiger partial charge < -0.3 is 10.6 Å². The standard InChI is InChI=1S/C15H24N6O/c1-4-6-7-16-15(22)19-14-9-17-20(11-14)10-13-8-18-21(5-2)12(13)3/h8-9,11H,4-7,10H2,1-3H3,(H2,16,19,22). The Morgan fingerprint density at radius 3 is 2.77 bits per heavy atom. The van der Waals surface area contributed by atoms with Crippen LogP contribution in [0.1, 0.15) is 37.9 Å². The van der Waals surface area contributed by atoms with Crippen LogP contribution in [0.15, 0.2) is 18.6 Å². The number of hydrogen-bond acceptors (Lipinski definition) is 3. The van der Waals surface area contributed by atoms with E-state index >= 15 is 0 Å². The maximum atomic E-state index is 11.7. The Morgan fingerprint density at radius 1 is 1.27 bits per heavy atom. The first-order valence-electron chi connectivity index (χ1n) is 7.72. The minimum atomic E-state index is -0.192. The van der Waals surface area contributed by atoms with Crippen LogP contribution in [-0.2, 0) is 13.1 Å². The fourth-order valence-corrected chi connectivity index (χ4v) is 2.20. The summed E-state index contributed by atoms with van der Waals surface area (Å²) in [5, 5.41) is 14.2. The molecule has 0 aliphatic rings. The number of rotatable bonds is 7. The monoisotopic (exact) mass is 304 g/mol. The van der Waals surface area contributed by atoms with Crippen molar-refractivity contribution in [2.75, 3.05) is 11.9 Å². The van der Waals surface area contributed by atoms with Crippen molar-refractivity contribution in [3.8, 4) is 0 Å². The first kappa shape index (κ1) is 16.1. The van der Waals surface area contributed by atoms with Gasteiger partial charge >= 0.3 is 6.03 Å². The maximum Gasteiger partial charge on any atom is 0.319 e. The molecule has 2 rings (SSSR count). The van der Waals surface area contributed by atoms with Gasteiger partial charge in [0.05, 0.1) is 24.6 Å². The zero-order chi connectivity index (χ0) is 15.9. The van der Waals surface area contributed by atoms with E-state index in [-0.39, 0.29) is 6.03 Å². The minimum absolute atomic E-state index is 0.192. The predicted molar refractivity (Wildman–Crippen MR) is 85.9 cm³/mol. The molecule has 0 aliphatic heterocycles. The summed E-state index contributed by atoms with van der Waals surface area (Å²) in [5.74, 6) is 0. The summed E-state index contributed by atoms with van der Waals surface area (Å²) in [6, 6.07) is -0.192. The van der Waals surface area contributed by atoms with Gasteiger partial charge in [-0.2, -0.15) is 10.2 Å². The second kappa shape index (κ2) is 7.63. The summed E-state index contributed by atoms with van der Waals surface area (Å²) >= 11 is 0. The van der Waals surface area contributed by atoms with E-state index in [0.29, 0.717) is 18.8 Å². The van der Waals surface area contributed by atoms with Crippen LogP contribution in [0.4, 0.5) is 10.5 Å². The lowest BCUT2D eigenvalue weighted by Crippen LogP contribution is -2.29. The number of aromatic nitrogens is 4. The van der Waals surface area contributed by atoms with Gasteiger partial charge in [0.1, 0.15) is 0 Å². The van der Waals surface area contributed by atoms with Crippen LogP contribution in [0, 0.1) is 6.92 Å². The molecule has 2 aromatic heterocycles. The van der Waals surface area contributed by atoms with Crippen LogP contribution in [0.5, 0.6) is 0 Å². The lowest BCUT2D eigenvalue weighted by Gasteiger charge is -2.04. The number of nitrogens with one attached hydrogen (secondary N) is 2. The smallest absolute Gasteiger partial charge is 0.319 e. The van der Waals surface area contributed by atoms with Crippen molar-refractivity contribution in [3.63, 3.8) is 0 Å². The van der Waals surface area contributed by atoms with E-state index in [1.165, 1.54) is 0 Å². The zero-order valence-corrected chi connectivity index (χ0v) is 13.5. The van der Waals surface area contributed by atoms with Gasteiger partial charge in [-0.15, -0.1) is 0 Å². The van der Waals surface area contributed by atoms with Gasteiger partial charge in [0.2, 0.25) is 0 Å². The quantitative estimate of drug-likeness (QED) is 0.771. The highest BCUT2D eigenvalue weighted by Crippen LogP contribution is 2.11. The molecule has 0 bridgehead atoms. The van der Waals surface area contributed by atoms with Gasteiger partial charge in [-0.3, -0.25) is 9.36 Å². The summed E-state index contributed by atoms with van der Waals surface area (Å²) in [7, 11) is 0. The molecule has 0 unspecified atom stereocenters. The van der Waals surface area contributed by atoms with E-state index in [1.807, 2.05) is 17.1 Å². The lowest BCUT2D eigenvalue weighted by molar-refractivity contribution is 0.252. The summed E-state index contributed by atoms with van der Waals surface area (Å²) in [4.78, 5) is 11.7. The molecule has 2 amide bonds. The van der Waals surface area contributed by atoms with Crippen molar-refractivity contribution in [2.45, 2.75) is 46.7 Å². The summed E-state index contributed by atoms with van der Waals surface area (Å²) in [6.45, 7) is 8.39. The largest absolute Gasteiger partial charge is 0.338 e. The number of unbranched alkanes of at least 4 members (excludes halogenated alkanes) is 1. The van der Waals surface area contributed by atoms with Gasteiger partial charge in [0.15, 0.2) is 0 Å². The van der Waals surface area contributed by atoms with Crippen molar-refractivity contribution in [2.24, 2.45) is 0 Å². The number of aryl methyl sites for hydroxylation is 1. The molecule has 7 heteroatoms. The number of nitrogens with zero attached hydrogens (tertiary/aromatic N) is 4. The Kier molecular flexibility index (Phi) is 5.57. The van der Waals surface area contributed by atoms with E-state index in [1.54, 1.807) is 10.9 Å². The minimum Gasteiger partial charge on any atom is -0.338 e. The molecule has 22 heavy (non-hydrogen) atoms. The zero-order valence-electron chi connectivity index (χ0n) is 13.5. The third kappa shape index (κ3) is 4.09. The summed E-state index contributed by atoms with van der Waals surface area (Å²) in [6.07, 6.45) is 7.38. The Morgan fingerprint density at radius 2 is 2.09 bits per heavy atom. The summed E-state index contributed by atoms with van der Waals surface area (Å²) in [5.41, 5.74) is 2.96. The fourth-order valence-electron chi connectivity index (χ4n) is 2.20. The van der Waals surface area contributed by atoms with Crippen LogP contribution >= 0.6 is 0 Å². The SMILES string of the molecule is CCCCNC(=O)Nc1cnn(Cc2cnn(CC)c2C)c1. The van der Waals surface area contributed by atoms with Crippen LogP contribution in [-0.4, -0.2) is 32.1 Å². The second-order valence-corrected chi connectivity index (χ2v) is 5.23. The van der Waals surface area contributed by atoms with Gasteiger partial charge in [-0.25, -0.2) is 4.79 Å². The van der Waals surface area contributed by atoms with E-state index < -0.39 is 0 Å². The highest BCUT2D eigenvalue weighted by molar-refractivity contribution is 5.88. The molecule has 0 saturated carbocycles. The molecule has 7 nitrogen and oxygen atoms in total. The van der Waals surface area contributed by atoms with Crippen LogP contribution in [0.2, 0.25) is 0 Å². The highest BCUT2D eigenvalue weighted by Gasteiger charge is 2.08. The van der Waals surface area contributed by atoms with Gasteiger partial charge in [-0.05, 0) is 20.3 Å². The second-order valence-electron chi connectivity index (χ2n) is 5.23. The molecule has 0 radical (unpaired) electrons. The van der Waals surface area contributed by atoms with Crippen LogP contribution in [0.25, 0.3) is 0 Å². The Hall–Kier alpha value is -2.31. The number of hydrogen-bond donors (Lipinski definition) is 2. The molecule has 0 spiro atoms. The predicted octanol–water partition coefficient (Wildman–Crippen LogP) is 2.38. The van der Waals surface area contributed by atoms with Gasteiger partial charge in [0, 0.05) is 30.5 Å². The first-order valence-corrected chi connectivity index (χ1v) is 7.72. The van der Waals surface area contributed by atoms with E-state index in [0.717, 1.165) is 30.6 Å². The van der Waals surface area contributed by atoms with Crippen LogP contribution < -0.4 is 10.6 Å². The lowest BCUT2D eigenvalue weighted by atomic mass is 10.2. The number of anilines is 1. The molecule has 0 atom stereocenters. The van der Waals surface area contributed by atoms with Crippen LogP contribution in [0.3, 0.4) is 0 Å². The van der Waals surface area contributed by atoms with Crippen molar-refractivity contribution in [1.29, 1.82) is 0 Å². The molecular formula is C15H24N6O. The number of carbonyl (C=O) groups excluding carboxylic acids is 1. The van der Waals surface area contributed by atoms with E-state index in [9.17, 15) is 4.79 Å².